The molecule has 2 aliphatic rings. The summed E-state index contributed by atoms with van der Waals surface area (Å²) in [7, 11) is 0. The smallest absolute Gasteiger partial charge is 0.117 e. The van der Waals surface area contributed by atoms with Crippen molar-refractivity contribution in [1.82, 2.24) is 14.5 Å². The summed E-state index contributed by atoms with van der Waals surface area (Å²) in [5.41, 5.74) is 1.27. The largest absolute Gasteiger partial charge is 0.468 e. The van der Waals surface area contributed by atoms with Crippen molar-refractivity contribution >= 4 is 0 Å². The fourth-order valence-electron chi connectivity index (χ4n) is 3.17. The van der Waals surface area contributed by atoms with Crippen molar-refractivity contribution in [3.05, 3.63) is 42.4 Å². The lowest BCUT2D eigenvalue weighted by molar-refractivity contribution is 0.0693. The van der Waals surface area contributed by atoms with Crippen LogP contribution in [0.4, 0.5) is 0 Å². The molecule has 1 saturated carbocycles. The Labute approximate surface area is 130 Å². The molecule has 0 saturated heterocycles. The Balaban J connectivity index is 1.42. The molecule has 0 amide bonds. The van der Waals surface area contributed by atoms with Gasteiger partial charge < -0.3 is 13.7 Å². The Hall–Kier alpha value is -1.59. The van der Waals surface area contributed by atoms with E-state index in [1.807, 2.05) is 24.7 Å². The summed E-state index contributed by atoms with van der Waals surface area (Å²) < 4.78 is 13.7. The van der Waals surface area contributed by atoms with Gasteiger partial charge in [0.25, 0.3) is 0 Å². The Bertz CT molecular complexity index is 589. The number of nitrogens with zero attached hydrogens (tertiary/aromatic N) is 3. The van der Waals surface area contributed by atoms with Gasteiger partial charge in [0.05, 0.1) is 31.4 Å². The van der Waals surface area contributed by atoms with Crippen molar-refractivity contribution in [2.45, 2.75) is 32.5 Å². The van der Waals surface area contributed by atoms with E-state index in [2.05, 4.69) is 14.5 Å². The molecule has 5 nitrogen and oxygen atoms in total. The van der Waals surface area contributed by atoms with Crippen LogP contribution in [-0.4, -0.2) is 34.2 Å². The minimum Gasteiger partial charge on any atom is -0.468 e. The number of fused-ring (bicyclic) bond motifs is 1. The highest BCUT2D eigenvalue weighted by Crippen LogP contribution is 2.29. The molecular weight excluding hydrogens is 278 g/mol. The van der Waals surface area contributed by atoms with Crippen molar-refractivity contribution < 1.29 is 9.15 Å². The second kappa shape index (κ2) is 6.26. The van der Waals surface area contributed by atoms with Gasteiger partial charge in [0.15, 0.2) is 0 Å². The summed E-state index contributed by atoms with van der Waals surface area (Å²) in [4.78, 5) is 6.74. The molecule has 5 heteroatoms. The third kappa shape index (κ3) is 3.42. The van der Waals surface area contributed by atoms with Gasteiger partial charge in [-0.2, -0.15) is 0 Å². The molecule has 1 atom stereocenters. The van der Waals surface area contributed by atoms with E-state index < -0.39 is 0 Å². The summed E-state index contributed by atoms with van der Waals surface area (Å²) in [6.07, 6.45) is 8.36. The van der Waals surface area contributed by atoms with E-state index in [0.717, 1.165) is 51.1 Å². The first-order chi connectivity index (χ1) is 10.9. The molecule has 2 aromatic heterocycles. The van der Waals surface area contributed by atoms with E-state index in [4.69, 9.17) is 9.15 Å². The summed E-state index contributed by atoms with van der Waals surface area (Å²) in [6, 6.07) is 3.99. The average molecular weight is 301 g/mol. The van der Waals surface area contributed by atoms with Gasteiger partial charge in [-0.05, 0) is 30.9 Å². The van der Waals surface area contributed by atoms with E-state index in [1.165, 1.54) is 18.5 Å². The number of hydrogen-bond donors (Lipinski definition) is 0. The average Bonchev–Trinajstić information content (AvgIpc) is 3.06. The zero-order chi connectivity index (χ0) is 14.8. The molecule has 0 radical (unpaired) electrons. The van der Waals surface area contributed by atoms with Crippen LogP contribution in [0, 0.1) is 11.8 Å². The molecule has 0 bridgehead atoms. The molecule has 2 aromatic rings. The van der Waals surface area contributed by atoms with Crippen LogP contribution in [-0.2, 0) is 24.4 Å². The SMILES string of the molecule is c1coc(CN2Cc3cncn3C[C@@H](COCC3CC3)C2)c1. The maximum absolute atomic E-state index is 5.94. The van der Waals surface area contributed by atoms with E-state index in [1.54, 1.807) is 6.26 Å². The highest BCUT2D eigenvalue weighted by atomic mass is 16.5. The van der Waals surface area contributed by atoms with E-state index >= 15 is 0 Å². The van der Waals surface area contributed by atoms with E-state index in [-0.39, 0.29) is 0 Å². The number of aromatic nitrogens is 2. The Kier molecular flexibility index (Phi) is 3.99. The van der Waals surface area contributed by atoms with Gasteiger partial charge in [0, 0.05) is 38.4 Å². The summed E-state index contributed by atoms with van der Waals surface area (Å²) in [5, 5.41) is 0. The zero-order valence-corrected chi connectivity index (χ0v) is 12.9. The van der Waals surface area contributed by atoms with Gasteiger partial charge in [0.1, 0.15) is 5.76 Å². The Morgan fingerprint density at radius 2 is 2.14 bits per heavy atom. The maximum Gasteiger partial charge on any atom is 0.117 e. The van der Waals surface area contributed by atoms with Gasteiger partial charge in [-0.1, -0.05) is 0 Å². The first kappa shape index (κ1) is 14.0. The van der Waals surface area contributed by atoms with Gasteiger partial charge in [-0.3, -0.25) is 4.90 Å². The molecule has 4 rings (SSSR count). The lowest BCUT2D eigenvalue weighted by atomic mass is 10.1. The molecule has 22 heavy (non-hydrogen) atoms. The maximum atomic E-state index is 5.94. The van der Waals surface area contributed by atoms with Crippen LogP contribution in [0.3, 0.4) is 0 Å². The van der Waals surface area contributed by atoms with Crippen LogP contribution in [0.25, 0.3) is 0 Å². The monoisotopic (exact) mass is 301 g/mol. The van der Waals surface area contributed by atoms with E-state index in [9.17, 15) is 0 Å². The quantitative estimate of drug-likeness (QED) is 0.822. The van der Waals surface area contributed by atoms with Crippen molar-refractivity contribution in [3.63, 3.8) is 0 Å². The predicted octanol–water partition coefficient (Wildman–Crippen LogP) is 2.53. The number of rotatable bonds is 6. The molecule has 118 valence electrons. The zero-order valence-electron chi connectivity index (χ0n) is 12.9. The summed E-state index contributed by atoms with van der Waals surface area (Å²) in [6.45, 7) is 5.56. The highest BCUT2D eigenvalue weighted by Gasteiger charge is 2.25. The van der Waals surface area contributed by atoms with Crippen LogP contribution < -0.4 is 0 Å². The Morgan fingerprint density at radius 3 is 2.95 bits per heavy atom. The molecule has 0 spiro atoms. The van der Waals surface area contributed by atoms with Crippen LogP contribution in [0.2, 0.25) is 0 Å². The Morgan fingerprint density at radius 1 is 1.23 bits per heavy atom. The van der Waals surface area contributed by atoms with Gasteiger partial charge in [0.2, 0.25) is 0 Å². The van der Waals surface area contributed by atoms with E-state index in [0.29, 0.717) is 5.92 Å². The third-order valence-corrected chi connectivity index (χ3v) is 4.52. The van der Waals surface area contributed by atoms with Gasteiger partial charge in [-0.25, -0.2) is 4.98 Å². The van der Waals surface area contributed by atoms with Crippen LogP contribution in [0.1, 0.15) is 24.3 Å². The topological polar surface area (TPSA) is 43.4 Å². The van der Waals surface area contributed by atoms with Crippen LogP contribution >= 0.6 is 0 Å². The second-order valence-corrected chi connectivity index (χ2v) is 6.63. The number of hydrogen-bond acceptors (Lipinski definition) is 4. The number of ether oxygens (including phenoxy) is 1. The minimum atomic E-state index is 0.504. The van der Waals surface area contributed by atoms with Crippen LogP contribution in [0.5, 0.6) is 0 Å². The predicted molar refractivity (Wildman–Crippen MR) is 82.1 cm³/mol. The molecular formula is C17H23N3O2. The summed E-state index contributed by atoms with van der Waals surface area (Å²) in [5.74, 6) is 2.35. The minimum absolute atomic E-state index is 0.504. The fraction of sp³-hybridized carbons (Fsp3) is 0.588. The summed E-state index contributed by atoms with van der Waals surface area (Å²) >= 11 is 0. The number of furan rings is 1. The second-order valence-electron chi connectivity index (χ2n) is 6.63. The lowest BCUT2D eigenvalue weighted by Crippen LogP contribution is -2.30. The normalized spacial score (nSPS) is 22.5. The molecule has 3 heterocycles. The first-order valence-electron chi connectivity index (χ1n) is 8.18. The standard InChI is InChI=1S/C17H23N3O2/c1-2-17(22-5-1)10-19-7-15(12-21-11-14-3-4-14)8-20-13-18-6-16(20)9-19/h1-2,5-6,13-15H,3-4,7-12H2/t15-/m0/s1. The van der Waals surface area contributed by atoms with Crippen LogP contribution in [0.15, 0.2) is 35.3 Å². The fourth-order valence-corrected chi connectivity index (χ4v) is 3.17. The van der Waals surface area contributed by atoms with Crippen molar-refractivity contribution in [2.24, 2.45) is 11.8 Å². The van der Waals surface area contributed by atoms with Crippen molar-refractivity contribution in [2.75, 3.05) is 19.8 Å². The molecule has 1 fully saturated rings. The lowest BCUT2D eigenvalue weighted by Gasteiger charge is -2.23. The van der Waals surface area contributed by atoms with Crippen molar-refractivity contribution in [3.8, 4) is 0 Å². The van der Waals surface area contributed by atoms with Gasteiger partial charge >= 0.3 is 0 Å². The molecule has 1 aliphatic carbocycles. The van der Waals surface area contributed by atoms with Gasteiger partial charge in [-0.15, -0.1) is 0 Å². The first-order valence-corrected chi connectivity index (χ1v) is 8.18. The van der Waals surface area contributed by atoms with Crippen molar-refractivity contribution in [1.29, 1.82) is 0 Å². The number of imidazole rings is 1. The molecule has 1 aliphatic heterocycles. The molecule has 0 unspecified atom stereocenters. The third-order valence-electron chi connectivity index (χ3n) is 4.52. The highest BCUT2D eigenvalue weighted by molar-refractivity contribution is 5.03. The molecule has 0 aromatic carbocycles. The molecule has 0 N–H and O–H groups in total.